The molecule has 0 saturated carbocycles. The lowest BCUT2D eigenvalue weighted by atomic mass is 10.0. The van der Waals surface area contributed by atoms with E-state index in [2.05, 4.69) is 16.0 Å². The van der Waals surface area contributed by atoms with E-state index in [0.29, 0.717) is 5.56 Å². The van der Waals surface area contributed by atoms with Crippen LogP contribution in [0.2, 0.25) is 0 Å². The van der Waals surface area contributed by atoms with Crippen LogP contribution in [0.25, 0.3) is 0 Å². The fourth-order valence-corrected chi connectivity index (χ4v) is 3.24. The fraction of sp³-hybridized carbons (Fsp3) is 0.478. The van der Waals surface area contributed by atoms with Gasteiger partial charge in [0.15, 0.2) is 0 Å². The minimum absolute atomic E-state index is 0.0181. The Morgan fingerprint density at radius 3 is 1.89 bits per heavy atom. The molecule has 0 aliphatic rings. The fourth-order valence-electron chi connectivity index (χ4n) is 3.24. The highest BCUT2D eigenvalue weighted by Crippen LogP contribution is 2.11. The Kier molecular flexibility index (Phi) is 12.0. The van der Waals surface area contributed by atoms with Crippen LogP contribution in [-0.2, 0) is 35.2 Å². The van der Waals surface area contributed by atoms with Gasteiger partial charge in [0.05, 0.1) is 12.5 Å². The molecule has 14 heteroatoms. The van der Waals surface area contributed by atoms with Crippen molar-refractivity contribution < 1.29 is 44.1 Å². The van der Waals surface area contributed by atoms with E-state index in [4.69, 9.17) is 16.6 Å². The zero-order valence-corrected chi connectivity index (χ0v) is 20.5. The highest BCUT2D eigenvalue weighted by atomic mass is 16.4. The summed E-state index contributed by atoms with van der Waals surface area (Å²) in [6, 6.07) is 0.405. The lowest BCUT2D eigenvalue weighted by Crippen LogP contribution is -2.58. The number of primary amides is 1. The lowest BCUT2D eigenvalue weighted by Gasteiger charge is -2.25. The molecule has 0 aromatic heterocycles. The molecule has 37 heavy (non-hydrogen) atoms. The molecule has 0 radical (unpaired) electrons. The van der Waals surface area contributed by atoms with Crippen LogP contribution in [0.1, 0.15) is 38.7 Å². The number of phenols is 1. The van der Waals surface area contributed by atoms with Crippen LogP contribution in [0.3, 0.4) is 0 Å². The third kappa shape index (κ3) is 10.9. The Bertz CT molecular complexity index is 997. The van der Waals surface area contributed by atoms with E-state index >= 15 is 0 Å². The van der Waals surface area contributed by atoms with E-state index in [1.807, 2.05) is 0 Å². The van der Waals surface area contributed by atoms with Crippen LogP contribution in [-0.4, -0.2) is 75.1 Å². The standard InChI is InChI=1S/C23H33N5O9/c1-11(2)19(23(36)37)28-21(34)15(7-8-18(31)32)26-22(35)16(10-17(25)30)27-20(33)14(24)9-12-3-5-13(29)6-4-12/h3-6,11,14-16,19,29H,7-10,24H2,1-2H3,(H2,25,30)(H,26,35)(H,27,33)(H,28,34)(H,31,32)(H,36,37). The predicted molar refractivity (Wildman–Crippen MR) is 129 cm³/mol. The summed E-state index contributed by atoms with van der Waals surface area (Å²) in [5, 5.41) is 34.5. The van der Waals surface area contributed by atoms with E-state index in [9.17, 15) is 39.0 Å². The quantitative estimate of drug-likeness (QED) is 0.128. The SMILES string of the molecule is CC(C)C(NC(=O)C(CCC(=O)O)NC(=O)C(CC(N)=O)NC(=O)C(N)Cc1ccc(O)cc1)C(=O)O. The van der Waals surface area contributed by atoms with Crippen molar-refractivity contribution in [3.63, 3.8) is 0 Å². The first-order valence-electron chi connectivity index (χ1n) is 11.4. The number of carboxylic acids is 2. The molecular weight excluding hydrogens is 490 g/mol. The molecule has 14 nitrogen and oxygen atoms in total. The maximum absolute atomic E-state index is 12.9. The minimum atomic E-state index is -1.55. The Morgan fingerprint density at radius 1 is 0.865 bits per heavy atom. The third-order valence-electron chi connectivity index (χ3n) is 5.28. The van der Waals surface area contributed by atoms with Crippen molar-refractivity contribution in [2.45, 2.75) is 63.7 Å². The number of carbonyl (C=O) groups is 6. The van der Waals surface area contributed by atoms with E-state index in [-0.39, 0.29) is 12.2 Å². The molecule has 0 heterocycles. The van der Waals surface area contributed by atoms with Gasteiger partial charge in [0, 0.05) is 6.42 Å². The van der Waals surface area contributed by atoms with Crippen molar-refractivity contribution in [2.24, 2.45) is 17.4 Å². The molecule has 0 spiro atoms. The normalized spacial score (nSPS) is 14.1. The number of hydrogen-bond donors (Lipinski definition) is 8. The number of nitrogens with one attached hydrogen (secondary N) is 3. The summed E-state index contributed by atoms with van der Waals surface area (Å²) in [7, 11) is 0. The third-order valence-corrected chi connectivity index (χ3v) is 5.28. The Labute approximate surface area is 212 Å². The number of carbonyl (C=O) groups excluding carboxylic acids is 4. The Hall–Kier alpha value is -4.20. The summed E-state index contributed by atoms with van der Waals surface area (Å²) < 4.78 is 0. The number of nitrogens with two attached hydrogens (primary N) is 2. The highest BCUT2D eigenvalue weighted by Gasteiger charge is 2.32. The second kappa shape index (κ2) is 14.4. The first kappa shape index (κ1) is 30.8. The monoisotopic (exact) mass is 523 g/mol. The molecule has 0 aliphatic carbocycles. The number of rotatable bonds is 15. The zero-order valence-electron chi connectivity index (χ0n) is 20.5. The second-order valence-corrected chi connectivity index (χ2v) is 8.77. The zero-order chi connectivity index (χ0) is 28.3. The van der Waals surface area contributed by atoms with Gasteiger partial charge < -0.3 is 42.7 Å². The van der Waals surface area contributed by atoms with Crippen LogP contribution < -0.4 is 27.4 Å². The molecule has 4 amide bonds. The molecule has 0 saturated heterocycles. The molecule has 204 valence electrons. The molecule has 0 aliphatic heterocycles. The highest BCUT2D eigenvalue weighted by molar-refractivity contribution is 5.96. The topological polar surface area (TPSA) is 251 Å². The first-order chi connectivity index (χ1) is 17.2. The molecule has 0 fully saturated rings. The van der Waals surface area contributed by atoms with Crippen molar-refractivity contribution >= 4 is 35.6 Å². The van der Waals surface area contributed by atoms with Gasteiger partial charge in [0.1, 0.15) is 23.9 Å². The number of amides is 4. The van der Waals surface area contributed by atoms with Crippen molar-refractivity contribution in [2.75, 3.05) is 0 Å². The second-order valence-electron chi connectivity index (χ2n) is 8.77. The van der Waals surface area contributed by atoms with Gasteiger partial charge >= 0.3 is 11.9 Å². The Balaban J connectivity index is 3.00. The van der Waals surface area contributed by atoms with E-state index in [1.54, 1.807) is 26.0 Å². The van der Waals surface area contributed by atoms with Crippen LogP contribution in [0, 0.1) is 5.92 Å². The predicted octanol–water partition coefficient (Wildman–Crippen LogP) is -1.80. The number of aliphatic carboxylic acids is 2. The summed E-state index contributed by atoms with van der Waals surface area (Å²) in [4.78, 5) is 72.2. The van der Waals surface area contributed by atoms with Gasteiger partial charge in [-0.2, -0.15) is 0 Å². The summed E-state index contributed by atoms with van der Waals surface area (Å²) in [6.07, 6.45) is -1.55. The van der Waals surface area contributed by atoms with E-state index < -0.39 is 84.9 Å². The maximum atomic E-state index is 12.9. The van der Waals surface area contributed by atoms with Crippen LogP contribution in [0.15, 0.2) is 24.3 Å². The molecule has 4 atom stereocenters. The van der Waals surface area contributed by atoms with Crippen molar-refractivity contribution in [1.82, 2.24) is 16.0 Å². The summed E-state index contributed by atoms with van der Waals surface area (Å²) in [5.41, 5.74) is 11.7. The number of benzene rings is 1. The summed E-state index contributed by atoms with van der Waals surface area (Å²) >= 11 is 0. The van der Waals surface area contributed by atoms with Gasteiger partial charge in [-0.3, -0.25) is 24.0 Å². The van der Waals surface area contributed by atoms with Crippen molar-refractivity contribution in [1.29, 1.82) is 0 Å². The minimum Gasteiger partial charge on any atom is -0.508 e. The van der Waals surface area contributed by atoms with Gasteiger partial charge in [-0.1, -0.05) is 26.0 Å². The summed E-state index contributed by atoms with van der Waals surface area (Å²) in [6.45, 7) is 3.09. The molecule has 4 unspecified atom stereocenters. The largest absolute Gasteiger partial charge is 0.508 e. The number of phenolic OH excluding ortho intramolecular Hbond substituents is 1. The molecular formula is C23H33N5O9. The lowest BCUT2D eigenvalue weighted by molar-refractivity contribution is -0.144. The van der Waals surface area contributed by atoms with E-state index in [0.717, 1.165) is 0 Å². The molecule has 1 aromatic carbocycles. The van der Waals surface area contributed by atoms with Gasteiger partial charge in [0.2, 0.25) is 23.6 Å². The van der Waals surface area contributed by atoms with Gasteiger partial charge in [0.25, 0.3) is 0 Å². The van der Waals surface area contributed by atoms with Crippen molar-refractivity contribution in [3.8, 4) is 5.75 Å². The summed E-state index contributed by atoms with van der Waals surface area (Å²) in [5.74, 6) is -6.84. The van der Waals surface area contributed by atoms with Gasteiger partial charge in [-0.25, -0.2) is 4.79 Å². The average molecular weight is 524 g/mol. The van der Waals surface area contributed by atoms with Crippen LogP contribution in [0.4, 0.5) is 0 Å². The van der Waals surface area contributed by atoms with E-state index in [1.165, 1.54) is 12.1 Å². The van der Waals surface area contributed by atoms with Gasteiger partial charge in [-0.05, 0) is 36.5 Å². The van der Waals surface area contributed by atoms with Crippen molar-refractivity contribution in [3.05, 3.63) is 29.8 Å². The van der Waals surface area contributed by atoms with Gasteiger partial charge in [-0.15, -0.1) is 0 Å². The first-order valence-corrected chi connectivity index (χ1v) is 11.4. The number of aromatic hydroxyl groups is 1. The molecule has 1 rings (SSSR count). The van der Waals surface area contributed by atoms with Crippen LogP contribution >= 0.6 is 0 Å². The number of carboxylic acid groups (broad SMARTS) is 2. The molecule has 1 aromatic rings. The van der Waals surface area contributed by atoms with Crippen LogP contribution in [0.5, 0.6) is 5.75 Å². The number of hydrogen-bond acceptors (Lipinski definition) is 8. The Morgan fingerprint density at radius 2 is 1.41 bits per heavy atom. The molecule has 10 N–H and O–H groups in total. The molecule has 0 bridgehead atoms. The smallest absolute Gasteiger partial charge is 0.326 e. The average Bonchev–Trinajstić information content (AvgIpc) is 2.79. The maximum Gasteiger partial charge on any atom is 0.326 e.